The van der Waals surface area contributed by atoms with Gasteiger partial charge in [0.2, 0.25) is 0 Å². The van der Waals surface area contributed by atoms with Gasteiger partial charge in [-0.2, -0.15) is 0 Å². The van der Waals surface area contributed by atoms with Gasteiger partial charge in [-0.05, 0) is 18.2 Å². The zero-order chi connectivity index (χ0) is 9.84. The SMILES string of the molecule is C=C(Cl)CNc1ccc(N)c(N)c1. The van der Waals surface area contributed by atoms with Crippen LogP contribution in [0.5, 0.6) is 0 Å². The molecule has 0 saturated heterocycles. The Labute approximate surface area is 82.4 Å². The van der Waals surface area contributed by atoms with Gasteiger partial charge >= 0.3 is 0 Å². The summed E-state index contributed by atoms with van der Waals surface area (Å²) < 4.78 is 0. The van der Waals surface area contributed by atoms with Gasteiger partial charge < -0.3 is 16.8 Å². The molecule has 0 fully saturated rings. The molecule has 5 N–H and O–H groups in total. The number of hydrogen-bond acceptors (Lipinski definition) is 3. The lowest BCUT2D eigenvalue weighted by Gasteiger charge is -2.06. The summed E-state index contributed by atoms with van der Waals surface area (Å²) in [4.78, 5) is 0. The maximum absolute atomic E-state index is 5.61. The fourth-order valence-electron chi connectivity index (χ4n) is 0.883. The molecule has 0 saturated carbocycles. The van der Waals surface area contributed by atoms with Crippen LogP contribution in [0.3, 0.4) is 0 Å². The monoisotopic (exact) mass is 197 g/mol. The van der Waals surface area contributed by atoms with E-state index in [1.165, 1.54) is 0 Å². The number of halogens is 1. The number of nitrogens with one attached hydrogen (secondary N) is 1. The summed E-state index contributed by atoms with van der Waals surface area (Å²) in [5, 5.41) is 3.60. The molecule has 0 aromatic heterocycles. The first kappa shape index (κ1) is 9.74. The second-order valence-corrected chi connectivity index (χ2v) is 3.25. The molecule has 4 heteroatoms. The summed E-state index contributed by atoms with van der Waals surface area (Å²) in [5.74, 6) is 0. The number of rotatable bonds is 3. The highest BCUT2D eigenvalue weighted by Gasteiger charge is 1.96. The van der Waals surface area contributed by atoms with E-state index in [2.05, 4.69) is 11.9 Å². The average Bonchev–Trinajstić information content (AvgIpc) is 2.07. The van der Waals surface area contributed by atoms with E-state index in [4.69, 9.17) is 23.1 Å². The number of benzene rings is 1. The van der Waals surface area contributed by atoms with E-state index in [9.17, 15) is 0 Å². The summed E-state index contributed by atoms with van der Waals surface area (Å²) >= 11 is 5.59. The van der Waals surface area contributed by atoms with E-state index in [0.29, 0.717) is 23.0 Å². The summed E-state index contributed by atoms with van der Waals surface area (Å²) in [6.07, 6.45) is 0. The third-order valence-corrected chi connectivity index (χ3v) is 1.70. The van der Waals surface area contributed by atoms with Gasteiger partial charge in [0.05, 0.1) is 17.9 Å². The molecule has 1 aromatic carbocycles. The first-order valence-corrected chi connectivity index (χ1v) is 4.19. The number of nitrogen functional groups attached to an aromatic ring is 2. The molecule has 1 aromatic rings. The number of anilines is 3. The number of nitrogens with two attached hydrogens (primary N) is 2. The summed E-state index contributed by atoms with van der Waals surface area (Å²) in [7, 11) is 0. The highest BCUT2D eigenvalue weighted by atomic mass is 35.5. The molecule has 0 atom stereocenters. The van der Waals surface area contributed by atoms with Crippen LogP contribution in [-0.2, 0) is 0 Å². The van der Waals surface area contributed by atoms with Gasteiger partial charge in [0.1, 0.15) is 0 Å². The van der Waals surface area contributed by atoms with Crippen molar-refractivity contribution in [2.75, 3.05) is 23.3 Å². The van der Waals surface area contributed by atoms with Crippen LogP contribution in [0.2, 0.25) is 0 Å². The number of hydrogen-bond donors (Lipinski definition) is 3. The van der Waals surface area contributed by atoms with Crippen LogP contribution in [0.4, 0.5) is 17.1 Å². The molecule has 0 unspecified atom stereocenters. The first-order valence-electron chi connectivity index (χ1n) is 3.82. The molecule has 1 rings (SSSR count). The minimum Gasteiger partial charge on any atom is -0.397 e. The molecular weight excluding hydrogens is 186 g/mol. The second kappa shape index (κ2) is 4.05. The van der Waals surface area contributed by atoms with Gasteiger partial charge in [0.25, 0.3) is 0 Å². The van der Waals surface area contributed by atoms with Gasteiger partial charge in [0, 0.05) is 10.7 Å². The van der Waals surface area contributed by atoms with Crippen LogP contribution >= 0.6 is 11.6 Å². The molecule has 0 aliphatic heterocycles. The maximum atomic E-state index is 5.61. The quantitative estimate of drug-likeness (QED) is 0.650. The average molecular weight is 198 g/mol. The zero-order valence-electron chi connectivity index (χ0n) is 7.18. The van der Waals surface area contributed by atoms with Crippen molar-refractivity contribution in [1.82, 2.24) is 0 Å². The largest absolute Gasteiger partial charge is 0.397 e. The predicted octanol–water partition coefficient (Wildman–Crippen LogP) is 2.02. The molecule has 13 heavy (non-hydrogen) atoms. The molecule has 0 aliphatic carbocycles. The van der Waals surface area contributed by atoms with Crippen LogP contribution in [0, 0.1) is 0 Å². The van der Waals surface area contributed by atoms with Gasteiger partial charge in [-0.1, -0.05) is 18.2 Å². The first-order chi connectivity index (χ1) is 6.09. The fraction of sp³-hybridized carbons (Fsp3) is 0.111. The lowest BCUT2D eigenvalue weighted by molar-refractivity contribution is 1.32. The highest BCUT2D eigenvalue weighted by Crippen LogP contribution is 2.19. The van der Waals surface area contributed by atoms with E-state index >= 15 is 0 Å². The maximum Gasteiger partial charge on any atom is 0.0568 e. The van der Waals surface area contributed by atoms with Crippen LogP contribution in [0.25, 0.3) is 0 Å². The second-order valence-electron chi connectivity index (χ2n) is 2.71. The molecule has 3 nitrogen and oxygen atoms in total. The topological polar surface area (TPSA) is 64.1 Å². The summed E-state index contributed by atoms with van der Waals surface area (Å²) in [6.45, 7) is 4.08. The van der Waals surface area contributed by atoms with Gasteiger partial charge in [-0.3, -0.25) is 0 Å². The van der Waals surface area contributed by atoms with E-state index in [-0.39, 0.29) is 0 Å². The molecule has 0 aliphatic rings. The minimum atomic E-state index is 0.519. The molecule has 0 spiro atoms. The summed E-state index contributed by atoms with van der Waals surface area (Å²) in [6, 6.07) is 5.34. The molecule has 0 bridgehead atoms. The van der Waals surface area contributed by atoms with Crippen molar-refractivity contribution in [2.24, 2.45) is 0 Å². The molecule has 0 radical (unpaired) electrons. The van der Waals surface area contributed by atoms with Crippen molar-refractivity contribution in [1.29, 1.82) is 0 Å². The Balaban J connectivity index is 2.68. The van der Waals surface area contributed by atoms with E-state index in [1.54, 1.807) is 12.1 Å². The Kier molecular flexibility index (Phi) is 3.03. The van der Waals surface area contributed by atoms with Crippen LogP contribution in [0.15, 0.2) is 29.8 Å². The normalized spacial score (nSPS) is 9.62. The Hall–Kier alpha value is -1.35. The third-order valence-electron chi connectivity index (χ3n) is 1.57. The molecular formula is C9H12ClN3. The smallest absolute Gasteiger partial charge is 0.0568 e. The van der Waals surface area contributed by atoms with Gasteiger partial charge in [-0.25, -0.2) is 0 Å². The Bertz CT molecular complexity index is 323. The van der Waals surface area contributed by atoms with Crippen LogP contribution in [0.1, 0.15) is 0 Å². The van der Waals surface area contributed by atoms with Crippen molar-refractivity contribution >= 4 is 28.7 Å². The molecule has 0 heterocycles. The lowest BCUT2D eigenvalue weighted by Crippen LogP contribution is -2.02. The van der Waals surface area contributed by atoms with Crippen molar-refractivity contribution in [2.45, 2.75) is 0 Å². The van der Waals surface area contributed by atoms with Crippen molar-refractivity contribution in [3.05, 3.63) is 29.8 Å². The molecule has 0 amide bonds. The van der Waals surface area contributed by atoms with Crippen LogP contribution < -0.4 is 16.8 Å². The predicted molar refractivity (Wildman–Crippen MR) is 58.7 cm³/mol. The van der Waals surface area contributed by atoms with E-state index in [1.807, 2.05) is 6.07 Å². The standard InChI is InChI=1S/C9H12ClN3/c1-6(10)5-13-7-2-3-8(11)9(12)4-7/h2-4,13H,1,5,11-12H2. The van der Waals surface area contributed by atoms with Crippen molar-refractivity contribution in [3.63, 3.8) is 0 Å². The van der Waals surface area contributed by atoms with Gasteiger partial charge in [-0.15, -0.1) is 0 Å². The van der Waals surface area contributed by atoms with Crippen LogP contribution in [-0.4, -0.2) is 6.54 Å². The van der Waals surface area contributed by atoms with Gasteiger partial charge in [0.15, 0.2) is 0 Å². The lowest BCUT2D eigenvalue weighted by atomic mass is 10.2. The Morgan fingerprint density at radius 1 is 1.38 bits per heavy atom. The van der Waals surface area contributed by atoms with Crippen molar-refractivity contribution in [3.8, 4) is 0 Å². The van der Waals surface area contributed by atoms with E-state index in [0.717, 1.165) is 5.69 Å². The highest BCUT2D eigenvalue weighted by molar-refractivity contribution is 6.29. The van der Waals surface area contributed by atoms with E-state index < -0.39 is 0 Å². The molecule has 70 valence electrons. The summed E-state index contributed by atoms with van der Waals surface area (Å²) in [5.41, 5.74) is 13.2. The fourth-order valence-corrected chi connectivity index (χ4v) is 0.950. The third kappa shape index (κ3) is 2.87. The zero-order valence-corrected chi connectivity index (χ0v) is 7.93. The Morgan fingerprint density at radius 2 is 2.08 bits per heavy atom. The van der Waals surface area contributed by atoms with Crippen molar-refractivity contribution < 1.29 is 0 Å². The minimum absolute atomic E-state index is 0.519. The Morgan fingerprint density at radius 3 is 2.62 bits per heavy atom.